The third-order valence-corrected chi connectivity index (χ3v) is 4.43. The summed E-state index contributed by atoms with van der Waals surface area (Å²) < 4.78 is 10.9. The fourth-order valence-electron chi connectivity index (χ4n) is 2.87. The highest BCUT2D eigenvalue weighted by molar-refractivity contribution is 6.09. The Hall–Kier alpha value is -2.92. The molecule has 0 bridgehead atoms. The first kappa shape index (κ1) is 24.4. The van der Waals surface area contributed by atoms with Gasteiger partial charge in [-0.2, -0.15) is 0 Å². The normalized spacial score (nSPS) is 11.5. The van der Waals surface area contributed by atoms with E-state index in [0.29, 0.717) is 17.7 Å². The van der Waals surface area contributed by atoms with Crippen molar-refractivity contribution < 1.29 is 24.2 Å². The highest BCUT2D eigenvalue weighted by Crippen LogP contribution is 2.17. The van der Waals surface area contributed by atoms with E-state index in [2.05, 4.69) is 0 Å². The molecular formula is C26H32O5. The molecule has 0 saturated carbocycles. The van der Waals surface area contributed by atoms with Crippen LogP contribution < -0.4 is 4.74 Å². The van der Waals surface area contributed by atoms with Crippen molar-refractivity contribution in [2.24, 2.45) is 0 Å². The van der Waals surface area contributed by atoms with Gasteiger partial charge in [0.1, 0.15) is 11.4 Å². The zero-order valence-corrected chi connectivity index (χ0v) is 18.6. The summed E-state index contributed by atoms with van der Waals surface area (Å²) in [6.07, 6.45) is 6.85. The predicted octanol–water partition coefficient (Wildman–Crippen LogP) is 5.20. The molecule has 2 aromatic carbocycles. The number of aliphatic hydroxyl groups is 1. The highest BCUT2D eigenvalue weighted by Gasteiger charge is 2.14. The number of carbonyl (C=O) groups excluding carboxylic acids is 2. The van der Waals surface area contributed by atoms with Crippen LogP contribution >= 0.6 is 0 Å². The van der Waals surface area contributed by atoms with E-state index in [4.69, 9.17) is 14.6 Å². The number of esters is 1. The Morgan fingerprint density at radius 1 is 0.871 bits per heavy atom. The van der Waals surface area contributed by atoms with Crippen LogP contribution in [0.25, 0.3) is 6.08 Å². The van der Waals surface area contributed by atoms with Gasteiger partial charge in [0.2, 0.25) is 0 Å². The van der Waals surface area contributed by atoms with E-state index in [1.54, 1.807) is 54.6 Å². The molecule has 2 aromatic rings. The van der Waals surface area contributed by atoms with Crippen LogP contribution in [0.1, 0.15) is 67.9 Å². The van der Waals surface area contributed by atoms with Crippen LogP contribution in [0.2, 0.25) is 0 Å². The smallest absolute Gasteiger partial charge is 0.331 e. The van der Waals surface area contributed by atoms with Gasteiger partial charge in [-0.3, -0.25) is 4.79 Å². The van der Waals surface area contributed by atoms with Crippen molar-refractivity contribution in [2.45, 2.75) is 52.1 Å². The maximum atomic E-state index is 12.7. The summed E-state index contributed by atoms with van der Waals surface area (Å²) in [5.74, 6) is 0.264. The number of carbonyl (C=O) groups is 2. The minimum atomic E-state index is -0.529. The molecule has 0 aliphatic carbocycles. The Morgan fingerprint density at radius 3 is 2.03 bits per heavy atom. The Bertz CT molecular complexity index is 858. The molecule has 0 fully saturated rings. The number of hydrogen-bond donors (Lipinski definition) is 1. The molecule has 0 saturated heterocycles. The van der Waals surface area contributed by atoms with Gasteiger partial charge in [0, 0.05) is 23.8 Å². The fourth-order valence-corrected chi connectivity index (χ4v) is 2.87. The largest absolute Gasteiger partial charge is 0.494 e. The van der Waals surface area contributed by atoms with Gasteiger partial charge in [0.05, 0.1) is 6.61 Å². The van der Waals surface area contributed by atoms with Crippen LogP contribution in [0.5, 0.6) is 5.75 Å². The quantitative estimate of drug-likeness (QED) is 0.232. The van der Waals surface area contributed by atoms with Gasteiger partial charge in [-0.25, -0.2) is 4.79 Å². The van der Waals surface area contributed by atoms with Crippen molar-refractivity contribution in [3.63, 3.8) is 0 Å². The topological polar surface area (TPSA) is 72.8 Å². The van der Waals surface area contributed by atoms with Crippen molar-refractivity contribution in [2.75, 3.05) is 13.2 Å². The van der Waals surface area contributed by atoms with E-state index in [9.17, 15) is 9.59 Å². The summed E-state index contributed by atoms with van der Waals surface area (Å²) in [5.41, 5.74) is 1.45. The molecule has 2 rings (SSSR count). The lowest BCUT2D eigenvalue weighted by Crippen LogP contribution is -2.22. The minimum absolute atomic E-state index is 0.0711. The van der Waals surface area contributed by atoms with Crippen LogP contribution in [0.3, 0.4) is 0 Å². The molecule has 0 aliphatic rings. The van der Waals surface area contributed by atoms with Crippen LogP contribution in [-0.2, 0) is 9.53 Å². The zero-order chi connectivity index (χ0) is 22.7. The molecule has 0 amide bonds. The molecule has 0 heterocycles. The van der Waals surface area contributed by atoms with Gasteiger partial charge in [-0.15, -0.1) is 0 Å². The molecule has 166 valence electrons. The molecule has 0 unspecified atom stereocenters. The van der Waals surface area contributed by atoms with E-state index in [1.807, 2.05) is 20.8 Å². The Labute approximate surface area is 184 Å². The standard InChI is InChI=1S/C26H32O5/c1-26(2,3)31-24(28)17-10-20-8-11-21(12-9-20)25(29)22-13-15-23(16-14-22)30-19-7-5-4-6-18-27/h8-17,27H,4-7,18-19H2,1-3H3/b17-10+. The number of ketones is 1. The lowest BCUT2D eigenvalue weighted by molar-refractivity contribution is -0.148. The second kappa shape index (κ2) is 12.1. The van der Waals surface area contributed by atoms with Gasteiger partial charge in [-0.1, -0.05) is 30.7 Å². The van der Waals surface area contributed by atoms with Crippen molar-refractivity contribution >= 4 is 17.8 Å². The second-order valence-electron chi connectivity index (χ2n) is 8.33. The van der Waals surface area contributed by atoms with Crippen LogP contribution in [0.4, 0.5) is 0 Å². The van der Waals surface area contributed by atoms with Gasteiger partial charge >= 0.3 is 5.97 Å². The zero-order valence-electron chi connectivity index (χ0n) is 18.6. The molecule has 0 atom stereocenters. The molecular weight excluding hydrogens is 392 g/mol. The van der Waals surface area contributed by atoms with Gasteiger partial charge in [-0.05, 0) is 75.9 Å². The van der Waals surface area contributed by atoms with Crippen LogP contribution in [0.15, 0.2) is 54.6 Å². The number of rotatable bonds is 11. The maximum absolute atomic E-state index is 12.7. The van der Waals surface area contributed by atoms with E-state index in [1.165, 1.54) is 6.08 Å². The number of unbranched alkanes of at least 4 members (excludes halogenated alkanes) is 3. The minimum Gasteiger partial charge on any atom is -0.494 e. The Balaban J connectivity index is 1.88. The Morgan fingerprint density at radius 2 is 1.45 bits per heavy atom. The molecule has 5 heteroatoms. The number of hydrogen-bond acceptors (Lipinski definition) is 5. The van der Waals surface area contributed by atoms with E-state index < -0.39 is 11.6 Å². The Kier molecular flexibility index (Phi) is 9.47. The van der Waals surface area contributed by atoms with Gasteiger partial charge in [0.15, 0.2) is 5.78 Å². The third kappa shape index (κ3) is 9.18. The number of ether oxygens (including phenoxy) is 2. The molecule has 31 heavy (non-hydrogen) atoms. The first-order valence-corrected chi connectivity index (χ1v) is 10.7. The maximum Gasteiger partial charge on any atom is 0.331 e. The lowest BCUT2D eigenvalue weighted by atomic mass is 10.0. The SMILES string of the molecule is CC(C)(C)OC(=O)/C=C/c1ccc(C(=O)c2ccc(OCCCCCCO)cc2)cc1. The summed E-state index contributed by atoms with van der Waals surface area (Å²) >= 11 is 0. The van der Waals surface area contributed by atoms with Crippen molar-refractivity contribution in [1.29, 1.82) is 0 Å². The van der Waals surface area contributed by atoms with Gasteiger partial charge in [0.25, 0.3) is 0 Å². The molecule has 0 radical (unpaired) electrons. The monoisotopic (exact) mass is 424 g/mol. The van der Waals surface area contributed by atoms with Crippen molar-refractivity contribution in [3.05, 3.63) is 71.3 Å². The summed E-state index contributed by atoms with van der Waals surface area (Å²) in [7, 11) is 0. The summed E-state index contributed by atoms with van der Waals surface area (Å²) in [6, 6.07) is 14.2. The number of aliphatic hydroxyl groups excluding tert-OH is 1. The number of benzene rings is 2. The summed E-state index contributed by atoms with van der Waals surface area (Å²) in [6.45, 7) is 6.31. The first-order valence-electron chi connectivity index (χ1n) is 10.7. The molecule has 5 nitrogen and oxygen atoms in total. The molecule has 0 aliphatic heterocycles. The molecule has 0 aromatic heterocycles. The lowest BCUT2D eigenvalue weighted by Gasteiger charge is -2.17. The van der Waals surface area contributed by atoms with E-state index in [0.717, 1.165) is 37.0 Å². The van der Waals surface area contributed by atoms with Crippen molar-refractivity contribution in [3.8, 4) is 5.75 Å². The molecule has 0 spiro atoms. The summed E-state index contributed by atoms with van der Waals surface area (Å²) in [4.78, 5) is 24.5. The average molecular weight is 425 g/mol. The summed E-state index contributed by atoms with van der Waals surface area (Å²) in [5, 5.41) is 8.77. The predicted molar refractivity (Wildman–Crippen MR) is 122 cm³/mol. The highest BCUT2D eigenvalue weighted by atomic mass is 16.6. The molecule has 1 N–H and O–H groups in total. The van der Waals surface area contributed by atoms with E-state index in [-0.39, 0.29) is 12.4 Å². The van der Waals surface area contributed by atoms with Gasteiger partial charge < -0.3 is 14.6 Å². The van der Waals surface area contributed by atoms with Crippen LogP contribution in [-0.4, -0.2) is 35.7 Å². The fraction of sp³-hybridized carbons (Fsp3) is 0.385. The van der Waals surface area contributed by atoms with Crippen molar-refractivity contribution in [1.82, 2.24) is 0 Å². The van der Waals surface area contributed by atoms with Crippen LogP contribution in [0, 0.1) is 0 Å². The first-order chi connectivity index (χ1) is 14.8. The van der Waals surface area contributed by atoms with E-state index >= 15 is 0 Å². The second-order valence-corrected chi connectivity index (χ2v) is 8.33. The third-order valence-electron chi connectivity index (χ3n) is 4.43. The average Bonchev–Trinajstić information content (AvgIpc) is 2.74.